The Balaban J connectivity index is 2.30. The second-order valence-electron chi connectivity index (χ2n) is 4.31. The lowest BCUT2D eigenvalue weighted by Gasteiger charge is -2.13. The molecule has 0 atom stereocenters. The van der Waals surface area contributed by atoms with Crippen LogP contribution in [0.4, 0.5) is 0 Å². The van der Waals surface area contributed by atoms with Crippen molar-refractivity contribution in [2.45, 2.75) is 6.42 Å². The van der Waals surface area contributed by atoms with Crippen molar-refractivity contribution < 1.29 is 20.0 Å². The molecule has 0 radical (unpaired) electrons. The Morgan fingerprint density at radius 2 is 1.41 bits per heavy atom. The Labute approximate surface area is 182 Å². The lowest BCUT2D eigenvalue weighted by atomic mass is 10.1. The van der Waals surface area contributed by atoms with E-state index in [4.69, 9.17) is 9.99 Å². The first kappa shape index (κ1) is 19.2. The van der Waals surface area contributed by atoms with Crippen molar-refractivity contribution >= 4 is 90.4 Å². The molecule has 0 saturated heterocycles. The maximum absolute atomic E-state index is 9.82. The second-order valence-corrected chi connectivity index (χ2v) is 8.96. The van der Waals surface area contributed by atoms with Crippen molar-refractivity contribution in [3.63, 3.8) is 0 Å². The highest BCUT2D eigenvalue weighted by molar-refractivity contribution is 14.1. The summed E-state index contributed by atoms with van der Waals surface area (Å²) in [6.45, 7) is 0.265. The van der Waals surface area contributed by atoms with Crippen molar-refractivity contribution in [1.82, 2.24) is 0 Å². The van der Waals surface area contributed by atoms with Gasteiger partial charge in [0.2, 0.25) is 0 Å². The van der Waals surface area contributed by atoms with Crippen LogP contribution in [0.5, 0.6) is 17.2 Å². The number of hydrogen-bond acceptors (Lipinski definition) is 4. The quantitative estimate of drug-likeness (QED) is 0.237. The standard InChI is InChI=1S/C14H10I4O4/c15-9-5-8(6-10(16)13(9)19)22-14-11(17)3-7(1-2-21-20)4-12(14)18/h3-6,19-20H,1-2H2. The first-order valence-electron chi connectivity index (χ1n) is 6.02. The third-order valence-corrected chi connectivity index (χ3v) is 6.00. The smallest absolute Gasteiger partial charge is 0.154 e. The average molecular weight is 750 g/mol. The summed E-state index contributed by atoms with van der Waals surface area (Å²) in [4.78, 5) is 4.13. The number of halogens is 4. The fraction of sp³-hybridized carbons (Fsp3) is 0.143. The van der Waals surface area contributed by atoms with Crippen LogP contribution in [-0.4, -0.2) is 17.0 Å². The van der Waals surface area contributed by atoms with E-state index >= 15 is 0 Å². The molecule has 0 aromatic heterocycles. The van der Waals surface area contributed by atoms with Crippen LogP contribution >= 0.6 is 90.4 Å². The highest BCUT2D eigenvalue weighted by Gasteiger charge is 2.13. The molecule has 0 aliphatic rings. The summed E-state index contributed by atoms with van der Waals surface area (Å²) in [5.74, 6) is 1.75. The van der Waals surface area contributed by atoms with Gasteiger partial charge in [0.05, 0.1) is 20.9 Å². The van der Waals surface area contributed by atoms with Gasteiger partial charge in [-0.15, -0.1) is 0 Å². The Morgan fingerprint density at radius 3 is 1.91 bits per heavy atom. The first-order valence-corrected chi connectivity index (χ1v) is 10.3. The average Bonchev–Trinajstić information content (AvgIpc) is 2.46. The highest BCUT2D eigenvalue weighted by atomic mass is 127. The van der Waals surface area contributed by atoms with E-state index in [1.807, 2.05) is 12.1 Å². The minimum atomic E-state index is 0.265. The van der Waals surface area contributed by atoms with Crippen LogP contribution in [0.1, 0.15) is 5.56 Å². The molecule has 4 nitrogen and oxygen atoms in total. The molecule has 22 heavy (non-hydrogen) atoms. The Kier molecular flexibility index (Phi) is 7.70. The van der Waals surface area contributed by atoms with Gasteiger partial charge in [-0.05, 0) is 127 Å². The lowest BCUT2D eigenvalue weighted by molar-refractivity contribution is -0.241. The summed E-state index contributed by atoms with van der Waals surface area (Å²) in [6, 6.07) is 7.62. The molecular formula is C14H10I4O4. The van der Waals surface area contributed by atoms with Crippen LogP contribution in [0.25, 0.3) is 0 Å². The number of ether oxygens (including phenoxy) is 1. The summed E-state index contributed by atoms with van der Waals surface area (Å²) in [6.07, 6.45) is 0.637. The summed E-state index contributed by atoms with van der Waals surface area (Å²) in [5.41, 5.74) is 1.07. The monoisotopic (exact) mass is 750 g/mol. The minimum Gasteiger partial charge on any atom is -0.506 e. The molecule has 0 saturated carbocycles. The largest absolute Gasteiger partial charge is 0.506 e. The van der Waals surface area contributed by atoms with E-state index in [-0.39, 0.29) is 12.4 Å². The van der Waals surface area contributed by atoms with Crippen molar-refractivity contribution in [2.75, 3.05) is 6.61 Å². The van der Waals surface area contributed by atoms with Crippen LogP contribution in [0.2, 0.25) is 0 Å². The van der Waals surface area contributed by atoms with E-state index in [1.165, 1.54) is 0 Å². The number of phenolic OH excluding ortho intramolecular Hbond substituents is 1. The van der Waals surface area contributed by atoms with Gasteiger partial charge in [-0.1, -0.05) is 0 Å². The van der Waals surface area contributed by atoms with Crippen molar-refractivity contribution in [1.29, 1.82) is 0 Å². The van der Waals surface area contributed by atoms with Gasteiger partial charge in [0.1, 0.15) is 11.5 Å². The van der Waals surface area contributed by atoms with Gasteiger partial charge in [0.25, 0.3) is 0 Å². The maximum atomic E-state index is 9.82. The molecule has 0 aliphatic heterocycles. The van der Waals surface area contributed by atoms with Gasteiger partial charge >= 0.3 is 0 Å². The molecule has 118 valence electrons. The third-order valence-electron chi connectivity index (χ3n) is 2.75. The molecule has 0 fully saturated rings. The van der Waals surface area contributed by atoms with E-state index in [0.717, 1.165) is 25.6 Å². The molecular weight excluding hydrogens is 740 g/mol. The third kappa shape index (κ3) is 4.94. The van der Waals surface area contributed by atoms with Gasteiger partial charge in [0, 0.05) is 0 Å². The Morgan fingerprint density at radius 1 is 0.864 bits per heavy atom. The summed E-state index contributed by atoms with van der Waals surface area (Å²) >= 11 is 8.62. The molecule has 0 bridgehead atoms. The topological polar surface area (TPSA) is 58.9 Å². The van der Waals surface area contributed by atoms with Crippen molar-refractivity contribution in [3.05, 3.63) is 44.1 Å². The Bertz CT molecular complexity index is 645. The van der Waals surface area contributed by atoms with Gasteiger partial charge in [0.15, 0.2) is 5.75 Å². The van der Waals surface area contributed by atoms with Gasteiger partial charge in [-0.25, -0.2) is 4.89 Å². The number of phenols is 1. The van der Waals surface area contributed by atoms with Gasteiger partial charge < -0.3 is 9.84 Å². The van der Waals surface area contributed by atoms with Crippen LogP contribution in [0.3, 0.4) is 0 Å². The molecule has 2 rings (SSSR count). The number of benzene rings is 2. The van der Waals surface area contributed by atoms with Crippen LogP contribution in [-0.2, 0) is 11.3 Å². The van der Waals surface area contributed by atoms with E-state index in [1.54, 1.807) is 12.1 Å². The Hall–Kier alpha value is 0.880. The fourth-order valence-electron chi connectivity index (χ4n) is 1.74. The highest BCUT2D eigenvalue weighted by Crippen LogP contribution is 2.36. The molecule has 2 N–H and O–H groups in total. The fourth-order valence-corrected chi connectivity index (χ4v) is 5.57. The van der Waals surface area contributed by atoms with E-state index in [2.05, 4.69) is 95.3 Å². The normalized spacial score (nSPS) is 10.8. The zero-order chi connectivity index (χ0) is 16.3. The zero-order valence-corrected chi connectivity index (χ0v) is 19.6. The van der Waals surface area contributed by atoms with Crippen LogP contribution in [0.15, 0.2) is 24.3 Å². The predicted molar refractivity (Wildman–Crippen MR) is 118 cm³/mol. The molecule has 0 unspecified atom stereocenters. The molecule has 2 aromatic carbocycles. The predicted octanol–water partition coefficient (Wildman–Crippen LogP) is 5.64. The van der Waals surface area contributed by atoms with Crippen molar-refractivity contribution in [3.8, 4) is 17.2 Å². The number of aromatic hydroxyl groups is 1. The SMILES string of the molecule is OOCCc1cc(I)c(Oc2cc(I)c(O)c(I)c2)c(I)c1. The summed E-state index contributed by atoms with van der Waals surface area (Å²) < 4.78 is 9.47. The van der Waals surface area contributed by atoms with Gasteiger partial charge in [-0.3, -0.25) is 5.26 Å². The summed E-state index contributed by atoms with van der Waals surface area (Å²) in [5, 5.41) is 18.3. The molecule has 0 heterocycles. The van der Waals surface area contributed by atoms with Crippen LogP contribution in [0, 0.1) is 14.3 Å². The first-order chi connectivity index (χ1) is 10.4. The maximum Gasteiger partial charge on any atom is 0.154 e. The molecule has 0 aliphatic carbocycles. The molecule has 8 heteroatoms. The second kappa shape index (κ2) is 8.82. The molecule has 0 amide bonds. The van der Waals surface area contributed by atoms with Crippen LogP contribution < -0.4 is 4.74 Å². The molecule has 2 aromatic rings. The number of rotatable bonds is 5. The summed E-state index contributed by atoms with van der Waals surface area (Å²) in [7, 11) is 0. The zero-order valence-electron chi connectivity index (χ0n) is 10.9. The van der Waals surface area contributed by atoms with Crippen molar-refractivity contribution in [2.24, 2.45) is 0 Å². The molecule has 0 spiro atoms. The van der Waals surface area contributed by atoms with E-state index < -0.39 is 0 Å². The van der Waals surface area contributed by atoms with E-state index in [9.17, 15) is 5.11 Å². The van der Waals surface area contributed by atoms with E-state index in [0.29, 0.717) is 12.2 Å². The minimum absolute atomic E-state index is 0.265. The lowest BCUT2D eigenvalue weighted by Crippen LogP contribution is -1.98. The van der Waals surface area contributed by atoms with Gasteiger partial charge in [-0.2, -0.15) is 0 Å². The number of hydrogen-bond donors (Lipinski definition) is 2.